The number of sulfonamides is 1. The first kappa shape index (κ1) is 12.4. The van der Waals surface area contributed by atoms with Gasteiger partial charge in [0.1, 0.15) is 5.84 Å². The average molecular weight is 306 g/mol. The highest BCUT2D eigenvalue weighted by Gasteiger charge is 2.36. The van der Waals surface area contributed by atoms with Crippen LogP contribution < -0.4 is 10.9 Å². The van der Waals surface area contributed by atoms with Crippen molar-refractivity contribution in [2.45, 2.75) is 29.9 Å². The molecule has 0 spiro atoms. The van der Waals surface area contributed by atoms with Crippen molar-refractivity contribution < 1.29 is 8.42 Å². The lowest BCUT2D eigenvalue weighted by atomic mass is 10.1. The van der Waals surface area contributed by atoms with Crippen molar-refractivity contribution in [3.63, 3.8) is 0 Å². The first-order chi connectivity index (χ1) is 8.49. The van der Waals surface area contributed by atoms with Gasteiger partial charge in [-0.1, -0.05) is 24.4 Å². The van der Waals surface area contributed by atoms with Crippen molar-refractivity contribution in [1.29, 1.82) is 0 Å². The normalized spacial score (nSPS) is 23.0. The number of nitrogens with zero attached hydrogens (tertiary/aromatic N) is 2. The van der Waals surface area contributed by atoms with Crippen molar-refractivity contribution in [1.82, 2.24) is 0 Å². The van der Waals surface area contributed by atoms with Crippen LogP contribution in [0, 0.1) is 5.92 Å². The summed E-state index contributed by atoms with van der Waals surface area (Å²) in [4.78, 5) is 0. The Labute approximate surface area is 114 Å². The third kappa shape index (κ3) is 1.85. The molecule has 0 radical (unpaired) electrons. The molecule has 2 heterocycles. The minimum atomic E-state index is -3.64. The second-order valence-corrected chi connectivity index (χ2v) is 7.98. The van der Waals surface area contributed by atoms with E-state index in [-0.39, 0.29) is 10.1 Å². The molecule has 2 N–H and O–H groups in total. The smallest absolute Gasteiger partial charge is 0.263 e. The van der Waals surface area contributed by atoms with Crippen molar-refractivity contribution >= 4 is 44.5 Å². The zero-order valence-corrected chi connectivity index (χ0v) is 11.9. The van der Waals surface area contributed by atoms with Crippen LogP contribution in [0.2, 0.25) is 4.34 Å². The van der Waals surface area contributed by atoms with Crippen LogP contribution in [-0.2, 0) is 10.0 Å². The SMILES string of the molecule is NN1C(C2CCCC2)=NS(=O)(=O)c2sc(Cl)cc21. The Morgan fingerprint density at radius 1 is 1.44 bits per heavy atom. The maximum Gasteiger partial charge on any atom is 0.295 e. The molecule has 2 aliphatic rings. The molecule has 1 aromatic heterocycles. The largest absolute Gasteiger partial charge is 0.295 e. The zero-order valence-electron chi connectivity index (χ0n) is 9.47. The summed E-state index contributed by atoms with van der Waals surface area (Å²) < 4.78 is 28.6. The number of fused-ring (bicyclic) bond motifs is 1. The van der Waals surface area contributed by atoms with E-state index >= 15 is 0 Å². The number of thiophene rings is 1. The number of hydrogen-bond acceptors (Lipinski definition) is 5. The molecule has 0 bridgehead atoms. The minimum Gasteiger partial charge on any atom is -0.263 e. The summed E-state index contributed by atoms with van der Waals surface area (Å²) in [6, 6.07) is 1.59. The van der Waals surface area contributed by atoms with Crippen LogP contribution in [0.1, 0.15) is 25.7 Å². The molecule has 1 aliphatic heterocycles. The number of nitrogens with two attached hydrogens (primary N) is 1. The topological polar surface area (TPSA) is 75.8 Å². The molecule has 0 atom stereocenters. The minimum absolute atomic E-state index is 0.136. The number of anilines is 1. The van der Waals surface area contributed by atoms with Gasteiger partial charge in [0.2, 0.25) is 0 Å². The van der Waals surface area contributed by atoms with Crippen LogP contribution in [0.3, 0.4) is 0 Å². The Hall–Kier alpha value is -0.630. The Morgan fingerprint density at radius 3 is 2.78 bits per heavy atom. The summed E-state index contributed by atoms with van der Waals surface area (Å²) >= 11 is 6.87. The van der Waals surface area contributed by atoms with Gasteiger partial charge in [0, 0.05) is 5.92 Å². The fourth-order valence-corrected chi connectivity index (χ4v) is 5.35. The van der Waals surface area contributed by atoms with E-state index in [9.17, 15) is 8.42 Å². The van der Waals surface area contributed by atoms with E-state index in [2.05, 4.69) is 4.40 Å². The molecule has 1 aromatic rings. The Balaban J connectivity index is 2.11. The van der Waals surface area contributed by atoms with Crippen molar-refractivity contribution in [2.75, 3.05) is 5.01 Å². The molecule has 5 nitrogen and oxygen atoms in total. The van der Waals surface area contributed by atoms with Crippen molar-refractivity contribution in [3.8, 4) is 0 Å². The fraction of sp³-hybridized carbons (Fsp3) is 0.500. The van der Waals surface area contributed by atoms with Gasteiger partial charge >= 0.3 is 0 Å². The van der Waals surface area contributed by atoms with Crippen LogP contribution in [0.15, 0.2) is 14.7 Å². The number of rotatable bonds is 1. The van der Waals surface area contributed by atoms with Gasteiger partial charge in [-0.05, 0) is 18.9 Å². The van der Waals surface area contributed by atoms with Gasteiger partial charge in [0.15, 0.2) is 4.21 Å². The highest BCUT2D eigenvalue weighted by atomic mass is 35.5. The number of hydrogen-bond donors (Lipinski definition) is 1. The molecule has 1 aliphatic carbocycles. The van der Waals surface area contributed by atoms with Gasteiger partial charge < -0.3 is 0 Å². The average Bonchev–Trinajstić information content (AvgIpc) is 2.92. The molecular formula is C10H12ClN3O2S2. The van der Waals surface area contributed by atoms with Crippen molar-refractivity contribution in [2.24, 2.45) is 16.2 Å². The van der Waals surface area contributed by atoms with Crippen LogP contribution >= 0.6 is 22.9 Å². The molecule has 0 unspecified atom stereocenters. The van der Waals surface area contributed by atoms with Crippen LogP contribution in [0.5, 0.6) is 0 Å². The predicted molar refractivity (Wildman–Crippen MR) is 72.6 cm³/mol. The number of halogens is 1. The molecule has 8 heteroatoms. The van der Waals surface area contributed by atoms with Crippen LogP contribution in [-0.4, -0.2) is 14.3 Å². The summed E-state index contributed by atoms with van der Waals surface area (Å²) in [5.74, 6) is 6.58. The zero-order chi connectivity index (χ0) is 12.9. The predicted octanol–water partition coefficient (Wildman–Crippen LogP) is 2.37. The third-order valence-corrected chi connectivity index (χ3v) is 6.36. The summed E-state index contributed by atoms with van der Waals surface area (Å²) in [5.41, 5.74) is 0.446. The van der Waals surface area contributed by atoms with E-state index in [1.165, 1.54) is 5.01 Å². The second kappa shape index (κ2) is 4.19. The quantitative estimate of drug-likeness (QED) is 0.808. The standard InChI is InChI=1S/C10H12ClN3O2S2/c11-8-5-7-10(17-8)18(15,16)13-9(14(7)12)6-3-1-2-4-6/h5-6H,1-4,12H2. The number of hydrazine groups is 1. The van der Waals surface area contributed by atoms with Crippen LogP contribution in [0.25, 0.3) is 0 Å². The van der Waals surface area contributed by atoms with E-state index in [4.69, 9.17) is 17.4 Å². The molecule has 0 amide bonds. The fourth-order valence-electron chi connectivity index (χ4n) is 2.48. The molecule has 98 valence electrons. The molecule has 1 fully saturated rings. The van der Waals surface area contributed by atoms with Gasteiger partial charge in [-0.15, -0.1) is 15.7 Å². The highest BCUT2D eigenvalue weighted by molar-refractivity contribution is 7.92. The van der Waals surface area contributed by atoms with Crippen molar-refractivity contribution in [3.05, 3.63) is 10.4 Å². The Kier molecular flexibility index (Phi) is 2.89. The summed E-state index contributed by atoms with van der Waals surface area (Å²) in [5, 5.41) is 1.38. The third-order valence-electron chi connectivity index (χ3n) is 3.32. The monoisotopic (exact) mass is 305 g/mol. The van der Waals surface area contributed by atoms with E-state index in [1.807, 2.05) is 0 Å². The van der Waals surface area contributed by atoms with E-state index < -0.39 is 10.0 Å². The van der Waals surface area contributed by atoms with E-state index in [1.54, 1.807) is 6.07 Å². The lowest BCUT2D eigenvalue weighted by Gasteiger charge is -2.27. The molecular weight excluding hydrogens is 294 g/mol. The van der Waals surface area contributed by atoms with Gasteiger partial charge in [0.25, 0.3) is 10.0 Å². The second-order valence-electron chi connectivity index (χ2n) is 4.50. The maximum absolute atomic E-state index is 12.1. The molecule has 18 heavy (non-hydrogen) atoms. The molecule has 3 rings (SSSR count). The maximum atomic E-state index is 12.1. The first-order valence-electron chi connectivity index (χ1n) is 5.68. The van der Waals surface area contributed by atoms with E-state index in [0.717, 1.165) is 37.0 Å². The summed E-state index contributed by atoms with van der Waals surface area (Å²) in [6.07, 6.45) is 4.06. The Morgan fingerprint density at radius 2 is 2.11 bits per heavy atom. The lowest BCUT2D eigenvalue weighted by molar-refractivity contribution is 0.596. The van der Waals surface area contributed by atoms with Gasteiger partial charge in [-0.25, -0.2) is 5.84 Å². The molecule has 0 aromatic carbocycles. The van der Waals surface area contributed by atoms with Gasteiger partial charge in [-0.3, -0.25) is 5.01 Å². The lowest BCUT2D eigenvalue weighted by Crippen LogP contribution is -2.44. The molecule has 1 saturated carbocycles. The van der Waals surface area contributed by atoms with Crippen LogP contribution in [0.4, 0.5) is 5.69 Å². The highest BCUT2D eigenvalue weighted by Crippen LogP contribution is 2.42. The first-order valence-corrected chi connectivity index (χ1v) is 8.31. The number of amidine groups is 1. The van der Waals surface area contributed by atoms with E-state index in [0.29, 0.717) is 15.9 Å². The summed E-state index contributed by atoms with van der Waals surface area (Å²) in [6.45, 7) is 0. The van der Waals surface area contributed by atoms with Gasteiger partial charge in [0.05, 0.1) is 10.0 Å². The summed E-state index contributed by atoms with van der Waals surface area (Å²) in [7, 11) is -3.64. The molecule has 0 saturated heterocycles. The van der Waals surface area contributed by atoms with Gasteiger partial charge in [-0.2, -0.15) is 8.42 Å². The Bertz CT molecular complexity index is 617.